The minimum Gasteiger partial charge on any atom is -0.493 e. The van der Waals surface area contributed by atoms with Crippen molar-refractivity contribution in [2.75, 3.05) is 7.11 Å². The minimum absolute atomic E-state index is 0.218. The monoisotopic (exact) mass is 617 g/mol. The molecular formula is C26H22Br2ClN3O3. The van der Waals surface area contributed by atoms with E-state index < -0.39 is 0 Å². The fraction of sp³-hybridized carbons (Fsp3) is 0.192. The highest BCUT2D eigenvalue weighted by Gasteiger charge is 2.13. The first-order chi connectivity index (χ1) is 16.9. The van der Waals surface area contributed by atoms with Gasteiger partial charge in [0.25, 0.3) is 5.56 Å². The number of hydrogen-bond acceptors (Lipinski definition) is 5. The molecule has 1 aromatic heterocycles. The average Bonchev–Trinajstić information content (AvgIpc) is 2.84. The first kappa shape index (κ1) is 25.4. The summed E-state index contributed by atoms with van der Waals surface area (Å²) in [6, 6.07) is 16.6. The lowest BCUT2D eigenvalue weighted by molar-refractivity contribution is 0.282. The summed E-state index contributed by atoms with van der Waals surface area (Å²) in [4.78, 5) is 17.9. The van der Waals surface area contributed by atoms with Crippen molar-refractivity contribution in [2.45, 2.75) is 26.4 Å². The van der Waals surface area contributed by atoms with E-state index in [0.29, 0.717) is 50.7 Å². The lowest BCUT2D eigenvalue weighted by Gasteiger charge is -2.14. The number of ether oxygens (including phenoxy) is 2. The Kier molecular flexibility index (Phi) is 8.26. The summed E-state index contributed by atoms with van der Waals surface area (Å²) < 4.78 is 14.4. The zero-order chi connectivity index (χ0) is 24.9. The molecule has 4 aromatic rings. The molecule has 0 spiro atoms. The van der Waals surface area contributed by atoms with Crippen LogP contribution in [0.15, 0.2) is 73.4 Å². The van der Waals surface area contributed by atoms with E-state index in [1.807, 2.05) is 49.4 Å². The van der Waals surface area contributed by atoms with E-state index >= 15 is 0 Å². The predicted molar refractivity (Wildman–Crippen MR) is 147 cm³/mol. The van der Waals surface area contributed by atoms with Gasteiger partial charge in [-0.1, -0.05) is 46.6 Å². The smallest absolute Gasteiger partial charge is 0.282 e. The van der Waals surface area contributed by atoms with Crippen LogP contribution in [0.25, 0.3) is 10.9 Å². The van der Waals surface area contributed by atoms with Crippen molar-refractivity contribution in [1.82, 2.24) is 9.66 Å². The quantitative estimate of drug-likeness (QED) is 0.199. The Morgan fingerprint density at radius 3 is 2.60 bits per heavy atom. The minimum atomic E-state index is -0.218. The van der Waals surface area contributed by atoms with E-state index in [0.717, 1.165) is 22.0 Å². The van der Waals surface area contributed by atoms with Gasteiger partial charge in [-0.2, -0.15) is 9.78 Å². The van der Waals surface area contributed by atoms with E-state index in [1.54, 1.807) is 25.5 Å². The number of aryl methyl sites for hydroxylation is 1. The number of rotatable bonds is 8. The summed E-state index contributed by atoms with van der Waals surface area (Å²) in [5, 5.41) is 5.67. The molecule has 0 N–H and O–H groups in total. The van der Waals surface area contributed by atoms with Crippen molar-refractivity contribution in [1.29, 1.82) is 0 Å². The molecule has 0 radical (unpaired) electrons. The Bertz CT molecular complexity index is 1450. The van der Waals surface area contributed by atoms with E-state index in [1.165, 1.54) is 4.68 Å². The molecule has 0 unspecified atom stereocenters. The highest BCUT2D eigenvalue weighted by Crippen LogP contribution is 2.37. The number of benzene rings is 3. The normalized spacial score (nSPS) is 11.3. The molecule has 0 atom stereocenters. The highest BCUT2D eigenvalue weighted by atomic mass is 79.9. The summed E-state index contributed by atoms with van der Waals surface area (Å²) in [6.07, 6.45) is 3.08. The molecule has 0 bridgehead atoms. The third kappa shape index (κ3) is 5.94. The van der Waals surface area contributed by atoms with Crippen molar-refractivity contribution >= 4 is 60.6 Å². The second-order valence-electron chi connectivity index (χ2n) is 7.75. The summed E-state index contributed by atoms with van der Waals surface area (Å²) in [6.45, 7) is 2.39. The van der Waals surface area contributed by atoms with Crippen LogP contribution in [0.3, 0.4) is 0 Å². The molecule has 0 saturated carbocycles. The van der Waals surface area contributed by atoms with Crippen LogP contribution >= 0.6 is 43.5 Å². The number of hydrogen-bond donors (Lipinski definition) is 0. The molecule has 0 aliphatic rings. The lowest BCUT2D eigenvalue weighted by atomic mass is 10.2. The summed E-state index contributed by atoms with van der Waals surface area (Å²) in [5.74, 6) is 1.72. The van der Waals surface area contributed by atoms with Gasteiger partial charge in [0.1, 0.15) is 12.4 Å². The third-order valence-corrected chi connectivity index (χ3v) is 6.55. The topological polar surface area (TPSA) is 65.7 Å². The third-order valence-electron chi connectivity index (χ3n) is 5.22. The van der Waals surface area contributed by atoms with Crippen LogP contribution in [-0.2, 0) is 13.0 Å². The van der Waals surface area contributed by atoms with Crippen LogP contribution in [0.5, 0.6) is 11.5 Å². The van der Waals surface area contributed by atoms with Crippen molar-refractivity contribution in [2.24, 2.45) is 5.10 Å². The Morgan fingerprint density at radius 2 is 1.89 bits per heavy atom. The molecule has 180 valence electrons. The van der Waals surface area contributed by atoms with E-state index in [9.17, 15) is 4.79 Å². The fourth-order valence-electron chi connectivity index (χ4n) is 3.51. The molecule has 0 amide bonds. The van der Waals surface area contributed by atoms with Crippen LogP contribution < -0.4 is 15.0 Å². The number of aromatic nitrogens is 2. The van der Waals surface area contributed by atoms with Gasteiger partial charge in [0.05, 0.1) is 28.7 Å². The van der Waals surface area contributed by atoms with Crippen LogP contribution in [0.2, 0.25) is 5.02 Å². The van der Waals surface area contributed by atoms with Gasteiger partial charge in [-0.3, -0.25) is 4.79 Å². The van der Waals surface area contributed by atoms with E-state index in [4.69, 9.17) is 21.1 Å². The summed E-state index contributed by atoms with van der Waals surface area (Å²) in [5.41, 5.74) is 2.15. The van der Waals surface area contributed by atoms with Crippen LogP contribution in [0.4, 0.5) is 0 Å². The van der Waals surface area contributed by atoms with E-state index in [2.05, 4.69) is 41.9 Å². The summed E-state index contributed by atoms with van der Waals surface area (Å²) in [7, 11) is 1.58. The molecule has 1 heterocycles. The molecule has 9 heteroatoms. The van der Waals surface area contributed by atoms with Gasteiger partial charge in [-0.05, 0) is 75.9 Å². The molecule has 35 heavy (non-hydrogen) atoms. The maximum Gasteiger partial charge on any atom is 0.282 e. The first-order valence-corrected chi connectivity index (χ1v) is 12.9. The SMILES string of the molecule is CCCc1nc2ccc(Br)cc2c(=O)n1N=Cc1cc(Br)c(OCc2ccc(Cl)cc2)c(OC)c1. The van der Waals surface area contributed by atoms with Crippen molar-refractivity contribution in [3.05, 3.63) is 95.9 Å². The van der Waals surface area contributed by atoms with Gasteiger partial charge in [0.15, 0.2) is 11.5 Å². The lowest BCUT2D eigenvalue weighted by Crippen LogP contribution is -2.22. The van der Waals surface area contributed by atoms with Crippen molar-refractivity contribution < 1.29 is 9.47 Å². The molecule has 0 saturated heterocycles. The zero-order valence-electron chi connectivity index (χ0n) is 19.1. The Balaban J connectivity index is 1.66. The largest absolute Gasteiger partial charge is 0.493 e. The van der Waals surface area contributed by atoms with Gasteiger partial charge in [0.2, 0.25) is 0 Å². The molecule has 0 aliphatic carbocycles. The van der Waals surface area contributed by atoms with Crippen molar-refractivity contribution in [3.63, 3.8) is 0 Å². The maximum atomic E-state index is 13.2. The standard InChI is InChI=1S/C26H22Br2ClN3O3/c1-3-4-24-31-22-10-7-18(27)13-20(22)26(33)32(24)30-14-17-11-21(28)25(23(12-17)34-2)35-15-16-5-8-19(29)9-6-16/h5-14H,3-4,15H2,1-2H3. The molecule has 6 nitrogen and oxygen atoms in total. The zero-order valence-corrected chi connectivity index (χ0v) is 23.0. The Hall–Kier alpha value is -2.68. The van der Waals surface area contributed by atoms with Crippen LogP contribution in [0.1, 0.15) is 30.3 Å². The molecule has 0 aliphatic heterocycles. The van der Waals surface area contributed by atoms with Crippen molar-refractivity contribution in [3.8, 4) is 11.5 Å². The van der Waals surface area contributed by atoms with E-state index in [-0.39, 0.29) is 5.56 Å². The maximum absolute atomic E-state index is 13.2. The number of methoxy groups -OCH3 is 1. The number of fused-ring (bicyclic) bond motifs is 1. The number of halogens is 3. The Labute approximate surface area is 224 Å². The first-order valence-electron chi connectivity index (χ1n) is 10.9. The second kappa shape index (κ2) is 11.4. The summed E-state index contributed by atoms with van der Waals surface area (Å²) >= 11 is 13.0. The van der Waals surface area contributed by atoms with Gasteiger partial charge in [0, 0.05) is 15.9 Å². The second-order valence-corrected chi connectivity index (χ2v) is 9.96. The highest BCUT2D eigenvalue weighted by molar-refractivity contribution is 9.10. The van der Waals surface area contributed by atoms with Gasteiger partial charge in [-0.15, -0.1) is 0 Å². The van der Waals surface area contributed by atoms with Gasteiger partial charge in [-0.25, -0.2) is 4.98 Å². The van der Waals surface area contributed by atoms with Gasteiger partial charge >= 0.3 is 0 Å². The van der Waals surface area contributed by atoms with Crippen LogP contribution in [-0.4, -0.2) is 23.0 Å². The molecule has 3 aromatic carbocycles. The number of nitrogens with zero attached hydrogens (tertiary/aromatic N) is 3. The predicted octanol–water partition coefficient (Wildman–Crippen LogP) is 7.00. The molecule has 0 fully saturated rings. The van der Waals surface area contributed by atoms with Gasteiger partial charge < -0.3 is 9.47 Å². The molecule has 4 rings (SSSR count). The van der Waals surface area contributed by atoms with Crippen LogP contribution in [0, 0.1) is 0 Å². The fourth-order valence-corrected chi connectivity index (χ4v) is 4.58. The average molecular weight is 620 g/mol. The molecular weight excluding hydrogens is 598 g/mol. The Morgan fingerprint density at radius 1 is 1.11 bits per heavy atom.